The van der Waals surface area contributed by atoms with Crippen molar-refractivity contribution < 1.29 is 4.21 Å². The molecule has 82 valence electrons. The summed E-state index contributed by atoms with van der Waals surface area (Å²) in [6.45, 7) is 1.77. The molecule has 1 aliphatic heterocycles. The van der Waals surface area contributed by atoms with Gasteiger partial charge in [-0.2, -0.15) is 4.36 Å². The first-order valence-corrected chi connectivity index (χ1v) is 6.99. The van der Waals surface area contributed by atoms with E-state index < -0.39 is 9.73 Å². The Balaban J connectivity index is 2.23. The molecule has 0 aromatic heterocycles. The molecule has 0 spiro atoms. The Morgan fingerprint density at radius 2 is 1.80 bits per heavy atom. The summed E-state index contributed by atoms with van der Waals surface area (Å²) in [6, 6.07) is 9.61. The van der Waals surface area contributed by atoms with E-state index in [1.165, 1.54) is 0 Å². The van der Waals surface area contributed by atoms with Gasteiger partial charge in [-0.3, -0.25) is 0 Å². The summed E-state index contributed by atoms with van der Waals surface area (Å²) in [5, 5.41) is 0. The van der Waals surface area contributed by atoms with Gasteiger partial charge in [0.2, 0.25) is 0 Å². The lowest BCUT2D eigenvalue weighted by Crippen LogP contribution is -2.37. The van der Waals surface area contributed by atoms with Gasteiger partial charge in [-0.15, -0.1) is 0 Å². The maximum Gasteiger partial charge on any atom is 0.0730 e. The minimum atomic E-state index is -1.99. The van der Waals surface area contributed by atoms with E-state index >= 15 is 0 Å². The van der Waals surface area contributed by atoms with E-state index in [2.05, 4.69) is 16.3 Å². The van der Waals surface area contributed by atoms with Gasteiger partial charge < -0.3 is 4.90 Å². The van der Waals surface area contributed by atoms with Gasteiger partial charge in [-0.05, 0) is 19.2 Å². The van der Waals surface area contributed by atoms with Crippen molar-refractivity contribution >= 4 is 15.4 Å². The van der Waals surface area contributed by atoms with Gasteiger partial charge in [0.1, 0.15) is 0 Å². The van der Waals surface area contributed by atoms with Gasteiger partial charge in [0.15, 0.2) is 0 Å². The summed E-state index contributed by atoms with van der Waals surface area (Å²) < 4.78 is 16.7. The smallest absolute Gasteiger partial charge is 0.0730 e. The molecule has 1 fully saturated rings. The Hall–Kier alpha value is -0.870. The molecule has 1 aromatic rings. The molecule has 1 aliphatic rings. The standard InChI is InChI=1S/C11H16N2OS/c1-13-7-9-15(14,10-8-13)12-11-5-3-2-4-6-11/h2-6H,7-10H2,1H3. The predicted molar refractivity (Wildman–Crippen MR) is 63.9 cm³/mol. The first-order chi connectivity index (χ1) is 7.18. The van der Waals surface area contributed by atoms with E-state index in [0.717, 1.165) is 18.8 Å². The lowest BCUT2D eigenvalue weighted by atomic mass is 10.3. The molecule has 3 nitrogen and oxygen atoms in total. The number of hydrogen-bond acceptors (Lipinski definition) is 3. The molecule has 4 heteroatoms. The number of hydrogen-bond donors (Lipinski definition) is 0. The van der Waals surface area contributed by atoms with Crippen molar-refractivity contribution in [3.8, 4) is 0 Å². The van der Waals surface area contributed by atoms with Gasteiger partial charge in [-0.1, -0.05) is 18.2 Å². The van der Waals surface area contributed by atoms with E-state index in [-0.39, 0.29) is 0 Å². The van der Waals surface area contributed by atoms with Gasteiger partial charge in [0, 0.05) is 24.6 Å². The van der Waals surface area contributed by atoms with Crippen molar-refractivity contribution in [1.29, 1.82) is 0 Å². The highest BCUT2D eigenvalue weighted by Gasteiger charge is 2.17. The van der Waals surface area contributed by atoms with E-state index in [1.807, 2.05) is 30.3 Å². The maximum absolute atomic E-state index is 12.3. The zero-order valence-electron chi connectivity index (χ0n) is 8.93. The van der Waals surface area contributed by atoms with Crippen molar-refractivity contribution in [2.24, 2.45) is 4.36 Å². The highest BCUT2D eigenvalue weighted by molar-refractivity contribution is 7.93. The first-order valence-electron chi connectivity index (χ1n) is 5.14. The highest BCUT2D eigenvalue weighted by Crippen LogP contribution is 2.16. The zero-order valence-corrected chi connectivity index (χ0v) is 9.74. The van der Waals surface area contributed by atoms with Crippen LogP contribution in [0.25, 0.3) is 0 Å². The molecule has 1 heterocycles. The molecule has 0 radical (unpaired) electrons. The number of rotatable bonds is 1. The van der Waals surface area contributed by atoms with Crippen molar-refractivity contribution in [3.05, 3.63) is 30.3 Å². The van der Waals surface area contributed by atoms with Crippen LogP contribution in [0, 0.1) is 0 Å². The average Bonchev–Trinajstić information content (AvgIpc) is 2.24. The summed E-state index contributed by atoms with van der Waals surface area (Å²) in [5.41, 5.74) is 0.840. The molecule has 0 atom stereocenters. The van der Waals surface area contributed by atoms with Crippen LogP contribution in [0.4, 0.5) is 5.69 Å². The summed E-state index contributed by atoms with van der Waals surface area (Å²) >= 11 is 0. The average molecular weight is 224 g/mol. The van der Waals surface area contributed by atoms with Crippen molar-refractivity contribution in [3.63, 3.8) is 0 Å². The monoisotopic (exact) mass is 224 g/mol. The second-order valence-corrected chi connectivity index (χ2v) is 6.46. The van der Waals surface area contributed by atoms with Crippen molar-refractivity contribution in [2.75, 3.05) is 31.6 Å². The second-order valence-electron chi connectivity index (χ2n) is 3.91. The van der Waals surface area contributed by atoms with Crippen LogP contribution in [0.2, 0.25) is 0 Å². The van der Waals surface area contributed by atoms with Gasteiger partial charge >= 0.3 is 0 Å². The molecule has 1 aromatic carbocycles. The van der Waals surface area contributed by atoms with Crippen LogP contribution in [0.5, 0.6) is 0 Å². The Kier molecular flexibility index (Phi) is 3.07. The molecule has 1 saturated heterocycles. The van der Waals surface area contributed by atoms with Crippen LogP contribution in [0.15, 0.2) is 34.7 Å². The van der Waals surface area contributed by atoms with Crippen LogP contribution >= 0.6 is 0 Å². The van der Waals surface area contributed by atoms with E-state index in [0.29, 0.717) is 11.5 Å². The minimum Gasteiger partial charge on any atom is -0.304 e. The molecule has 0 bridgehead atoms. The number of benzene rings is 1. The molecule has 0 amide bonds. The Morgan fingerprint density at radius 3 is 2.40 bits per heavy atom. The predicted octanol–water partition coefficient (Wildman–Crippen LogP) is 1.73. The fourth-order valence-electron chi connectivity index (χ4n) is 1.58. The number of nitrogens with zero attached hydrogens (tertiary/aromatic N) is 2. The lowest BCUT2D eigenvalue weighted by Gasteiger charge is -2.24. The van der Waals surface area contributed by atoms with E-state index in [1.54, 1.807) is 0 Å². The van der Waals surface area contributed by atoms with E-state index in [4.69, 9.17) is 0 Å². The van der Waals surface area contributed by atoms with Gasteiger partial charge in [-0.25, -0.2) is 4.21 Å². The summed E-state index contributed by atoms with van der Waals surface area (Å²) in [6.07, 6.45) is 0. The topological polar surface area (TPSA) is 32.7 Å². The lowest BCUT2D eigenvalue weighted by molar-refractivity contribution is 0.366. The van der Waals surface area contributed by atoms with Crippen molar-refractivity contribution in [2.45, 2.75) is 0 Å². The summed E-state index contributed by atoms with van der Waals surface area (Å²) in [5.74, 6) is 1.39. The minimum absolute atomic E-state index is 0.693. The van der Waals surface area contributed by atoms with Crippen LogP contribution in [-0.2, 0) is 9.73 Å². The molecular formula is C11H16N2OS. The van der Waals surface area contributed by atoms with E-state index in [9.17, 15) is 4.21 Å². The van der Waals surface area contributed by atoms with Crippen LogP contribution in [0.3, 0.4) is 0 Å². The molecule has 2 rings (SSSR count). The largest absolute Gasteiger partial charge is 0.304 e. The molecule has 0 unspecified atom stereocenters. The van der Waals surface area contributed by atoms with Crippen LogP contribution in [-0.4, -0.2) is 40.8 Å². The highest BCUT2D eigenvalue weighted by atomic mass is 32.2. The SMILES string of the molecule is CN1CCS(=O)(=Nc2ccccc2)CC1. The second kappa shape index (κ2) is 4.33. The Labute approximate surface area is 91.3 Å². The summed E-state index contributed by atoms with van der Waals surface area (Å²) in [4.78, 5) is 2.20. The molecule has 15 heavy (non-hydrogen) atoms. The maximum atomic E-state index is 12.3. The van der Waals surface area contributed by atoms with Crippen LogP contribution < -0.4 is 0 Å². The Bertz CT molecular complexity index is 421. The normalized spacial score (nSPS) is 21.1. The van der Waals surface area contributed by atoms with Crippen LogP contribution in [0.1, 0.15) is 0 Å². The summed E-state index contributed by atoms with van der Waals surface area (Å²) in [7, 11) is 0.0642. The molecule has 0 aliphatic carbocycles. The zero-order chi connectivity index (χ0) is 10.7. The molecule has 0 saturated carbocycles. The molecular weight excluding hydrogens is 208 g/mol. The van der Waals surface area contributed by atoms with Crippen molar-refractivity contribution in [1.82, 2.24) is 4.90 Å². The molecule has 0 N–H and O–H groups in total. The van der Waals surface area contributed by atoms with Gasteiger partial charge in [0.05, 0.1) is 15.4 Å². The van der Waals surface area contributed by atoms with Gasteiger partial charge in [0.25, 0.3) is 0 Å². The fourth-order valence-corrected chi connectivity index (χ4v) is 3.67. The Morgan fingerprint density at radius 1 is 1.20 bits per heavy atom. The fraction of sp³-hybridized carbons (Fsp3) is 0.455. The third kappa shape index (κ3) is 2.79. The first kappa shape index (κ1) is 10.6. The third-order valence-corrected chi connectivity index (χ3v) is 4.80. The quantitative estimate of drug-likeness (QED) is 0.728. The third-order valence-electron chi connectivity index (χ3n) is 2.61.